The van der Waals surface area contributed by atoms with Crippen molar-refractivity contribution in [3.05, 3.63) is 47.7 Å². The van der Waals surface area contributed by atoms with Crippen LogP contribution in [0.15, 0.2) is 36.5 Å². The maximum atomic E-state index is 12.0. The van der Waals surface area contributed by atoms with Crippen molar-refractivity contribution in [3.8, 4) is 0 Å². The smallest absolute Gasteiger partial charge is 0.325 e. The highest BCUT2D eigenvalue weighted by Gasteiger charge is 2.32. The zero-order valence-electron chi connectivity index (χ0n) is 14.4. The van der Waals surface area contributed by atoms with Crippen LogP contribution in [0.4, 0.5) is 0 Å². The highest BCUT2D eigenvalue weighted by Crippen LogP contribution is 2.30. The van der Waals surface area contributed by atoms with Gasteiger partial charge in [-0.2, -0.15) is 0 Å². The number of carboxylic acids is 1. The molecule has 0 aliphatic carbocycles. The summed E-state index contributed by atoms with van der Waals surface area (Å²) in [6.45, 7) is 12.2. The van der Waals surface area contributed by atoms with Gasteiger partial charge >= 0.3 is 5.97 Å². The number of rotatable bonds is 5. The molecule has 2 N–H and O–H groups in total. The molecule has 1 aromatic carbocycles. The van der Waals surface area contributed by atoms with Crippen LogP contribution < -0.4 is 0 Å². The average Bonchev–Trinajstić information content (AvgIpc) is 2.91. The first-order valence-corrected chi connectivity index (χ1v) is 8.37. The number of nitrogens with zero attached hydrogens (tertiary/aromatic N) is 2. The van der Waals surface area contributed by atoms with Gasteiger partial charge in [-0.3, -0.25) is 14.6 Å². The van der Waals surface area contributed by atoms with Crippen LogP contribution in [0.2, 0.25) is 0 Å². The number of fused-ring (bicyclic) bond motifs is 1. The molecule has 1 aliphatic rings. The summed E-state index contributed by atoms with van der Waals surface area (Å²) >= 11 is 0. The van der Waals surface area contributed by atoms with E-state index in [4.69, 9.17) is 0 Å². The molecule has 0 saturated carbocycles. The zero-order valence-corrected chi connectivity index (χ0v) is 14.4. The maximum absolute atomic E-state index is 12.0. The van der Waals surface area contributed by atoms with Gasteiger partial charge in [-0.05, 0) is 26.0 Å². The molecule has 0 radical (unpaired) electrons. The summed E-state index contributed by atoms with van der Waals surface area (Å²) in [6, 6.07) is 5.51. The van der Waals surface area contributed by atoms with Gasteiger partial charge in [0, 0.05) is 55.4 Å². The van der Waals surface area contributed by atoms with Gasteiger partial charge < -0.3 is 10.1 Å². The Hall–Kier alpha value is -2.11. The van der Waals surface area contributed by atoms with E-state index in [9.17, 15) is 9.90 Å². The van der Waals surface area contributed by atoms with Gasteiger partial charge in [0.05, 0.1) is 0 Å². The van der Waals surface area contributed by atoms with Crippen LogP contribution in [0.5, 0.6) is 0 Å². The molecule has 1 atom stereocenters. The number of H-pyrrole nitrogens is 1. The third kappa shape index (κ3) is 3.37. The number of hydrogen-bond acceptors (Lipinski definition) is 3. The lowest BCUT2D eigenvalue weighted by atomic mass is 10.0. The fourth-order valence-electron chi connectivity index (χ4n) is 3.53. The van der Waals surface area contributed by atoms with Crippen molar-refractivity contribution < 1.29 is 9.90 Å². The average molecular weight is 327 g/mol. The number of carbonyl (C=O) groups is 1. The Labute approximate surface area is 142 Å². The minimum Gasteiger partial charge on any atom is -0.480 e. The Morgan fingerprint density at radius 3 is 2.67 bits per heavy atom. The number of piperazine rings is 1. The van der Waals surface area contributed by atoms with E-state index >= 15 is 0 Å². The Kier molecular flexibility index (Phi) is 4.73. The van der Waals surface area contributed by atoms with E-state index in [-0.39, 0.29) is 0 Å². The van der Waals surface area contributed by atoms with Gasteiger partial charge in [0.15, 0.2) is 0 Å². The predicted molar refractivity (Wildman–Crippen MR) is 96.2 cm³/mol. The second-order valence-corrected chi connectivity index (χ2v) is 6.80. The summed E-state index contributed by atoms with van der Waals surface area (Å²) in [5, 5.41) is 10.9. The lowest BCUT2D eigenvalue weighted by molar-refractivity contribution is -0.144. The number of aromatic amines is 1. The van der Waals surface area contributed by atoms with Crippen molar-refractivity contribution in [1.29, 1.82) is 0 Å². The standard InChI is InChI=1S/C19H25N3O2/c1-13(2)12-21-6-8-22(9-7-21)18(19(23)24)16-11-20-17-5-4-14(3)10-15(16)17/h4-5,10-11,18,20H,1,6-9,12H2,2-3H3,(H,23,24)/t18-/m0/s1. The molecule has 5 heteroatoms. The van der Waals surface area contributed by atoms with E-state index in [1.807, 2.05) is 32.2 Å². The summed E-state index contributed by atoms with van der Waals surface area (Å²) in [7, 11) is 0. The molecule has 3 rings (SSSR count). The van der Waals surface area contributed by atoms with E-state index in [2.05, 4.69) is 27.4 Å². The molecule has 5 nitrogen and oxygen atoms in total. The van der Waals surface area contributed by atoms with Crippen LogP contribution in [0.25, 0.3) is 10.9 Å². The third-order valence-corrected chi connectivity index (χ3v) is 4.66. The number of carboxylic acid groups (broad SMARTS) is 1. The summed E-state index contributed by atoms with van der Waals surface area (Å²) in [6.07, 6.45) is 1.85. The van der Waals surface area contributed by atoms with Crippen LogP contribution in [-0.4, -0.2) is 58.6 Å². The first-order valence-electron chi connectivity index (χ1n) is 8.37. The topological polar surface area (TPSA) is 59.6 Å². The first kappa shape index (κ1) is 16.7. The highest BCUT2D eigenvalue weighted by atomic mass is 16.4. The number of aliphatic carboxylic acids is 1. The van der Waals surface area contributed by atoms with Gasteiger partial charge in [-0.15, -0.1) is 0 Å². The van der Waals surface area contributed by atoms with Gasteiger partial charge in [-0.1, -0.05) is 23.8 Å². The number of aromatic nitrogens is 1. The molecule has 0 spiro atoms. The highest BCUT2D eigenvalue weighted by molar-refractivity contribution is 5.89. The van der Waals surface area contributed by atoms with Gasteiger partial charge in [0.25, 0.3) is 0 Å². The molecule has 2 aromatic rings. The van der Waals surface area contributed by atoms with E-state index in [1.54, 1.807) is 0 Å². The second-order valence-electron chi connectivity index (χ2n) is 6.80. The Morgan fingerprint density at radius 1 is 1.33 bits per heavy atom. The summed E-state index contributed by atoms with van der Waals surface area (Å²) in [5.74, 6) is -0.786. The van der Waals surface area contributed by atoms with E-state index < -0.39 is 12.0 Å². The molecule has 0 bridgehead atoms. The number of aryl methyl sites for hydroxylation is 1. The quantitative estimate of drug-likeness (QED) is 0.829. The Bertz CT molecular complexity index is 757. The maximum Gasteiger partial charge on any atom is 0.325 e. The second kappa shape index (κ2) is 6.79. The van der Waals surface area contributed by atoms with Gasteiger partial charge in [0.1, 0.15) is 6.04 Å². The van der Waals surface area contributed by atoms with Crippen molar-refractivity contribution in [1.82, 2.24) is 14.8 Å². The van der Waals surface area contributed by atoms with Crippen LogP contribution >= 0.6 is 0 Å². The van der Waals surface area contributed by atoms with Crippen LogP contribution in [0.1, 0.15) is 24.1 Å². The van der Waals surface area contributed by atoms with Crippen LogP contribution in [-0.2, 0) is 4.79 Å². The number of nitrogens with one attached hydrogen (secondary N) is 1. The van der Waals surface area contributed by atoms with Crippen molar-refractivity contribution in [2.75, 3.05) is 32.7 Å². The van der Waals surface area contributed by atoms with Crippen molar-refractivity contribution >= 4 is 16.9 Å². The molecule has 0 unspecified atom stereocenters. The molecule has 1 aromatic heterocycles. The minimum absolute atomic E-state index is 0.604. The van der Waals surface area contributed by atoms with Crippen molar-refractivity contribution in [3.63, 3.8) is 0 Å². The van der Waals surface area contributed by atoms with E-state index in [0.717, 1.165) is 60.3 Å². The number of benzene rings is 1. The molecule has 24 heavy (non-hydrogen) atoms. The Balaban J connectivity index is 1.84. The molecule has 1 aliphatic heterocycles. The Morgan fingerprint density at radius 2 is 2.04 bits per heavy atom. The molecule has 1 fully saturated rings. The minimum atomic E-state index is -0.786. The summed E-state index contributed by atoms with van der Waals surface area (Å²) in [4.78, 5) is 19.6. The molecule has 1 saturated heterocycles. The first-order chi connectivity index (χ1) is 11.5. The number of hydrogen-bond donors (Lipinski definition) is 2. The lowest BCUT2D eigenvalue weighted by Gasteiger charge is -2.37. The molecular formula is C19H25N3O2. The normalized spacial score (nSPS) is 17.9. The zero-order chi connectivity index (χ0) is 17.3. The fourth-order valence-corrected chi connectivity index (χ4v) is 3.53. The molecule has 0 amide bonds. The SMILES string of the molecule is C=C(C)CN1CCN([C@H](C(=O)O)c2c[nH]c3ccc(C)cc23)CC1. The van der Waals surface area contributed by atoms with Crippen molar-refractivity contribution in [2.45, 2.75) is 19.9 Å². The van der Waals surface area contributed by atoms with Crippen molar-refractivity contribution in [2.24, 2.45) is 0 Å². The molecule has 2 heterocycles. The van der Waals surface area contributed by atoms with Gasteiger partial charge in [0.2, 0.25) is 0 Å². The predicted octanol–water partition coefficient (Wildman–Crippen LogP) is 2.80. The van der Waals surface area contributed by atoms with Crippen LogP contribution in [0, 0.1) is 6.92 Å². The fraction of sp³-hybridized carbons (Fsp3) is 0.421. The molecular weight excluding hydrogens is 302 g/mol. The molecule has 128 valence electrons. The summed E-state index contributed by atoms with van der Waals surface area (Å²) < 4.78 is 0. The van der Waals surface area contributed by atoms with Gasteiger partial charge in [-0.25, -0.2) is 0 Å². The van der Waals surface area contributed by atoms with Crippen LogP contribution in [0.3, 0.4) is 0 Å². The monoisotopic (exact) mass is 327 g/mol. The van der Waals surface area contributed by atoms with E-state index in [1.165, 1.54) is 0 Å². The van der Waals surface area contributed by atoms with E-state index in [0.29, 0.717) is 0 Å². The largest absolute Gasteiger partial charge is 0.480 e. The lowest BCUT2D eigenvalue weighted by Crippen LogP contribution is -2.49. The summed E-state index contributed by atoms with van der Waals surface area (Å²) in [5.41, 5.74) is 4.13. The third-order valence-electron chi connectivity index (χ3n) is 4.66.